The smallest absolute Gasteiger partial charge is 0.314 e. The van der Waals surface area contributed by atoms with Gasteiger partial charge in [0.1, 0.15) is 0 Å². The van der Waals surface area contributed by atoms with Gasteiger partial charge in [-0.3, -0.25) is 10.1 Å². The van der Waals surface area contributed by atoms with Crippen LogP contribution >= 0.6 is 0 Å². The predicted molar refractivity (Wildman–Crippen MR) is 69.7 cm³/mol. The van der Waals surface area contributed by atoms with E-state index >= 15 is 0 Å². The highest BCUT2D eigenvalue weighted by Gasteiger charge is 2.29. The molecule has 2 N–H and O–H groups in total. The predicted octanol–water partition coefficient (Wildman–Crippen LogP) is 1.62. The van der Waals surface area contributed by atoms with Gasteiger partial charge >= 0.3 is 5.69 Å². The molecule has 1 saturated heterocycles. The molecule has 0 aliphatic carbocycles. The molecular formula is C12H18N4O2. The molecule has 6 heteroatoms. The highest BCUT2D eigenvalue weighted by atomic mass is 16.6. The molecular weight excluding hydrogens is 232 g/mol. The summed E-state index contributed by atoms with van der Waals surface area (Å²) in [6.07, 6.45) is 4.75. The standard InChI is InChI=1S/C12H18N4O2/c1-9-5-6-14-12(11(9)16(17)18)15-7-3-2-4-10(15)8-13/h5-6,10H,2-4,7-8,13H2,1H3. The molecule has 1 aliphatic rings. The number of hydrogen-bond acceptors (Lipinski definition) is 5. The van der Waals surface area contributed by atoms with Crippen LogP contribution in [0.3, 0.4) is 0 Å². The van der Waals surface area contributed by atoms with E-state index in [4.69, 9.17) is 5.73 Å². The zero-order valence-electron chi connectivity index (χ0n) is 10.5. The minimum atomic E-state index is -0.347. The van der Waals surface area contributed by atoms with Crippen LogP contribution < -0.4 is 10.6 Å². The first-order valence-electron chi connectivity index (χ1n) is 6.22. The summed E-state index contributed by atoms with van der Waals surface area (Å²) in [6.45, 7) is 3.04. The van der Waals surface area contributed by atoms with E-state index in [0.29, 0.717) is 17.9 Å². The zero-order valence-corrected chi connectivity index (χ0v) is 10.5. The molecule has 2 rings (SSSR count). The van der Waals surface area contributed by atoms with Gasteiger partial charge in [0.15, 0.2) is 0 Å². The molecule has 1 fully saturated rings. The molecule has 18 heavy (non-hydrogen) atoms. The van der Waals surface area contributed by atoms with Crippen molar-refractivity contribution in [1.29, 1.82) is 0 Å². The summed E-state index contributed by atoms with van der Waals surface area (Å²) < 4.78 is 0. The van der Waals surface area contributed by atoms with E-state index in [-0.39, 0.29) is 16.7 Å². The van der Waals surface area contributed by atoms with Crippen LogP contribution in [0.2, 0.25) is 0 Å². The lowest BCUT2D eigenvalue weighted by atomic mass is 10.0. The Balaban J connectivity index is 2.42. The molecule has 0 amide bonds. The monoisotopic (exact) mass is 250 g/mol. The Kier molecular flexibility index (Phi) is 3.76. The van der Waals surface area contributed by atoms with Gasteiger partial charge in [-0.15, -0.1) is 0 Å². The maximum Gasteiger partial charge on any atom is 0.314 e. The van der Waals surface area contributed by atoms with E-state index in [1.54, 1.807) is 19.2 Å². The minimum absolute atomic E-state index is 0.109. The summed E-state index contributed by atoms with van der Waals surface area (Å²) in [5.74, 6) is 0.468. The summed E-state index contributed by atoms with van der Waals surface area (Å²) in [5.41, 5.74) is 6.51. The van der Waals surface area contributed by atoms with Crippen LogP contribution in [0.15, 0.2) is 12.3 Å². The van der Waals surface area contributed by atoms with Crippen LogP contribution in [0, 0.1) is 17.0 Å². The number of anilines is 1. The molecule has 0 aromatic carbocycles. The van der Waals surface area contributed by atoms with E-state index in [1.165, 1.54) is 0 Å². The van der Waals surface area contributed by atoms with E-state index < -0.39 is 0 Å². The molecule has 0 bridgehead atoms. The first-order valence-corrected chi connectivity index (χ1v) is 6.22. The summed E-state index contributed by atoms with van der Waals surface area (Å²) in [4.78, 5) is 17.0. The number of nitrogens with two attached hydrogens (primary N) is 1. The number of nitrogens with zero attached hydrogens (tertiary/aromatic N) is 3. The first kappa shape index (κ1) is 12.8. The quantitative estimate of drug-likeness (QED) is 0.650. The Morgan fingerprint density at radius 3 is 3.06 bits per heavy atom. The molecule has 1 unspecified atom stereocenters. The van der Waals surface area contributed by atoms with Gasteiger partial charge in [-0.2, -0.15) is 0 Å². The van der Waals surface area contributed by atoms with E-state index in [2.05, 4.69) is 4.98 Å². The van der Waals surface area contributed by atoms with Crippen LogP contribution in [-0.2, 0) is 0 Å². The maximum atomic E-state index is 11.2. The van der Waals surface area contributed by atoms with Crippen molar-refractivity contribution in [2.45, 2.75) is 32.2 Å². The van der Waals surface area contributed by atoms with Gasteiger partial charge in [-0.1, -0.05) is 0 Å². The number of piperidine rings is 1. The third-order valence-corrected chi connectivity index (χ3v) is 3.46. The average Bonchev–Trinajstić information content (AvgIpc) is 2.38. The molecule has 6 nitrogen and oxygen atoms in total. The van der Waals surface area contributed by atoms with Crippen LogP contribution in [0.1, 0.15) is 24.8 Å². The maximum absolute atomic E-state index is 11.2. The zero-order chi connectivity index (χ0) is 13.1. The Hall–Kier alpha value is -1.69. The Bertz CT molecular complexity index is 450. The van der Waals surface area contributed by atoms with Gasteiger partial charge in [-0.25, -0.2) is 4.98 Å². The largest absolute Gasteiger partial charge is 0.347 e. The molecule has 0 saturated carbocycles. The molecule has 1 aromatic rings. The van der Waals surface area contributed by atoms with Gasteiger partial charge in [0, 0.05) is 30.9 Å². The lowest BCUT2D eigenvalue weighted by Crippen LogP contribution is -2.44. The third-order valence-electron chi connectivity index (χ3n) is 3.46. The number of aromatic nitrogens is 1. The van der Waals surface area contributed by atoms with Crippen LogP contribution in [0.25, 0.3) is 0 Å². The van der Waals surface area contributed by atoms with Crippen molar-refractivity contribution < 1.29 is 4.92 Å². The second-order valence-corrected chi connectivity index (χ2v) is 4.64. The topological polar surface area (TPSA) is 85.3 Å². The Morgan fingerprint density at radius 1 is 1.61 bits per heavy atom. The summed E-state index contributed by atoms with van der Waals surface area (Å²) in [5, 5.41) is 11.2. The minimum Gasteiger partial charge on any atom is -0.347 e. The number of pyridine rings is 1. The van der Waals surface area contributed by atoms with Gasteiger partial charge < -0.3 is 10.6 Å². The summed E-state index contributed by atoms with van der Waals surface area (Å²) in [6, 6.07) is 1.83. The molecule has 0 radical (unpaired) electrons. The number of aryl methyl sites for hydroxylation is 1. The lowest BCUT2D eigenvalue weighted by molar-refractivity contribution is -0.384. The molecule has 1 aliphatic heterocycles. The van der Waals surface area contributed by atoms with Crippen molar-refractivity contribution in [1.82, 2.24) is 4.98 Å². The molecule has 2 heterocycles. The summed E-state index contributed by atoms with van der Waals surface area (Å²) >= 11 is 0. The van der Waals surface area contributed by atoms with Crippen molar-refractivity contribution in [3.05, 3.63) is 27.9 Å². The lowest BCUT2D eigenvalue weighted by Gasteiger charge is -2.35. The fourth-order valence-corrected chi connectivity index (χ4v) is 2.50. The van der Waals surface area contributed by atoms with Gasteiger partial charge in [0.25, 0.3) is 0 Å². The third kappa shape index (κ3) is 2.28. The number of rotatable bonds is 3. The first-order chi connectivity index (χ1) is 8.65. The molecule has 1 atom stereocenters. The van der Waals surface area contributed by atoms with Gasteiger partial charge in [0.2, 0.25) is 5.82 Å². The highest BCUT2D eigenvalue weighted by Crippen LogP contribution is 2.32. The average molecular weight is 250 g/mol. The highest BCUT2D eigenvalue weighted by molar-refractivity contribution is 5.62. The van der Waals surface area contributed by atoms with E-state index in [9.17, 15) is 10.1 Å². The van der Waals surface area contributed by atoms with Crippen LogP contribution in [0.5, 0.6) is 0 Å². The van der Waals surface area contributed by atoms with Crippen LogP contribution in [-0.4, -0.2) is 29.0 Å². The van der Waals surface area contributed by atoms with Gasteiger partial charge in [0.05, 0.1) is 4.92 Å². The second kappa shape index (κ2) is 5.30. The molecule has 98 valence electrons. The van der Waals surface area contributed by atoms with Gasteiger partial charge in [-0.05, 0) is 32.3 Å². The van der Waals surface area contributed by atoms with Crippen molar-refractivity contribution in [3.63, 3.8) is 0 Å². The molecule has 0 spiro atoms. The van der Waals surface area contributed by atoms with Crippen molar-refractivity contribution in [2.24, 2.45) is 5.73 Å². The second-order valence-electron chi connectivity index (χ2n) is 4.64. The van der Waals surface area contributed by atoms with Crippen molar-refractivity contribution >= 4 is 11.5 Å². The SMILES string of the molecule is Cc1ccnc(N2CCCCC2CN)c1[N+](=O)[O-]. The van der Waals surface area contributed by atoms with E-state index in [0.717, 1.165) is 25.8 Å². The number of nitro groups is 1. The van der Waals surface area contributed by atoms with E-state index in [1.807, 2.05) is 4.90 Å². The van der Waals surface area contributed by atoms with Crippen LogP contribution in [0.4, 0.5) is 11.5 Å². The van der Waals surface area contributed by atoms with Crippen molar-refractivity contribution in [3.8, 4) is 0 Å². The fourth-order valence-electron chi connectivity index (χ4n) is 2.50. The number of hydrogen-bond donors (Lipinski definition) is 1. The summed E-state index contributed by atoms with van der Waals surface area (Å²) in [7, 11) is 0. The molecule has 1 aromatic heterocycles. The Labute approximate surface area is 106 Å². The fraction of sp³-hybridized carbons (Fsp3) is 0.583. The van der Waals surface area contributed by atoms with Crippen molar-refractivity contribution in [2.75, 3.05) is 18.0 Å². The Morgan fingerprint density at radius 2 is 2.39 bits per heavy atom. The normalized spacial score (nSPS) is 19.9.